The van der Waals surface area contributed by atoms with Crippen LogP contribution in [-0.4, -0.2) is 43.6 Å². The Hall–Kier alpha value is -3.29. The Morgan fingerprint density at radius 2 is 2.04 bits per heavy atom. The Balaban J connectivity index is 1.32. The molecule has 26 heavy (non-hydrogen) atoms. The van der Waals surface area contributed by atoms with E-state index >= 15 is 0 Å². The number of amides is 1. The van der Waals surface area contributed by atoms with Crippen LogP contribution < -0.4 is 10.6 Å². The van der Waals surface area contributed by atoms with E-state index < -0.39 is 0 Å². The van der Waals surface area contributed by atoms with Crippen molar-refractivity contribution in [2.24, 2.45) is 0 Å². The van der Waals surface area contributed by atoms with Crippen LogP contribution in [0, 0.1) is 0 Å². The maximum Gasteiger partial charge on any atom is 0.270 e. The molecule has 0 saturated heterocycles. The molecule has 3 heterocycles. The highest BCUT2D eigenvalue weighted by molar-refractivity contribution is 5.93. The second kappa shape index (κ2) is 7.30. The molecule has 4 rings (SSSR count). The molecule has 0 bridgehead atoms. The fourth-order valence-corrected chi connectivity index (χ4v) is 2.51. The van der Waals surface area contributed by atoms with E-state index in [-0.39, 0.29) is 5.91 Å². The van der Waals surface area contributed by atoms with E-state index in [2.05, 4.69) is 35.8 Å². The second-order valence-electron chi connectivity index (χ2n) is 6.20. The van der Waals surface area contributed by atoms with E-state index in [1.54, 1.807) is 24.7 Å². The standard InChI is InChI=1S/C18H19N7O/c26-18(22-13-1-2-13)15-11-14(5-9-21-15)20-10-6-16-23-17(25-24-16)12-3-7-19-8-4-12/h3-5,7-9,11,13H,1-2,6,10H2,(H,20,21)(H,22,26)(H,23,24,25). The summed E-state index contributed by atoms with van der Waals surface area (Å²) in [6.45, 7) is 0.665. The van der Waals surface area contributed by atoms with Crippen molar-refractivity contribution in [3.8, 4) is 11.4 Å². The summed E-state index contributed by atoms with van der Waals surface area (Å²) in [6.07, 6.45) is 7.87. The molecule has 3 N–H and O–H groups in total. The van der Waals surface area contributed by atoms with Crippen LogP contribution in [0.2, 0.25) is 0 Å². The number of hydrogen-bond acceptors (Lipinski definition) is 6. The fraction of sp³-hybridized carbons (Fsp3) is 0.278. The maximum atomic E-state index is 12.1. The van der Waals surface area contributed by atoms with Gasteiger partial charge >= 0.3 is 0 Å². The highest BCUT2D eigenvalue weighted by atomic mass is 16.2. The first kappa shape index (κ1) is 16.2. The SMILES string of the molecule is O=C(NC1CC1)c1cc(NCCc2nc(-c3ccncc3)n[nH]2)ccn1. The van der Waals surface area contributed by atoms with Crippen molar-refractivity contribution >= 4 is 11.6 Å². The van der Waals surface area contributed by atoms with Crippen molar-refractivity contribution in [1.82, 2.24) is 30.5 Å². The van der Waals surface area contributed by atoms with Crippen LogP contribution in [0.25, 0.3) is 11.4 Å². The molecule has 1 amide bonds. The third kappa shape index (κ3) is 4.02. The van der Waals surface area contributed by atoms with Gasteiger partial charge in [-0.15, -0.1) is 0 Å². The molecule has 132 valence electrons. The highest BCUT2D eigenvalue weighted by Crippen LogP contribution is 2.19. The van der Waals surface area contributed by atoms with Gasteiger partial charge in [0.1, 0.15) is 11.5 Å². The van der Waals surface area contributed by atoms with Crippen LogP contribution >= 0.6 is 0 Å². The third-order valence-corrected chi connectivity index (χ3v) is 4.07. The second-order valence-corrected chi connectivity index (χ2v) is 6.20. The van der Waals surface area contributed by atoms with Crippen molar-refractivity contribution in [2.75, 3.05) is 11.9 Å². The predicted octanol–water partition coefficient (Wildman–Crippen LogP) is 1.81. The lowest BCUT2D eigenvalue weighted by Gasteiger charge is -2.07. The monoisotopic (exact) mass is 349 g/mol. The Bertz CT molecular complexity index is 889. The topological polar surface area (TPSA) is 108 Å². The number of anilines is 1. The van der Waals surface area contributed by atoms with Crippen LogP contribution in [0.4, 0.5) is 5.69 Å². The predicted molar refractivity (Wildman–Crippen MR) is 96.5 cm³/mol. The molecule has 3 aromatic rings. The minimum atomic E-state index is -0.117. The van der Waals surface area contributed by atoms with Gasteiger partial charge < -0.3 is 10.6 Å². The van der Waals surface area contributed by atoms with E-state index in [1.807, 2.05) is 18.2 Å². The molecule has 8 nitrogen and oxygen atoms in total. The normalized spacial score (nSPS) is 13.4. The van der Waals surface area contributed by atoms with Gasteiger partial charge in [0.25, 0.3) is 5.91 Å². The molecule has 1 aliphatic carbocycles. The first-order valence-electron chi connectivity index (χ1n) is 8.60. The smallest absolute Gasteiger partial charge is 0.270 e. The van der Waals surface area contributed by atoms with Crippen LogP contribution in [0.5, 0.6) is 0 Å². The largest absolute Gasteiger partial charge is 0.384 e. The minimum Gasteiger partial charge on any atom is -0.384 e. The zero-order valence-electron chi connectivity index (χ0n) is 14.1. The summed E-state index contributed by atoms with van der Waals surface area (Å²) < 4.78 is 0. The van der Waals surface area contributed by atoms with Crippen molar-refractivity contribution in [2.45, 2.75) is 25.3 Å². The first-order valence-corrected chi connectivity index (χ1v) is 8.60. The van der Waals surface area contributed by atoms with E-state index in [0.29, 0.717) is 30.5 Å². The number of nitrogens with one attached hydrogen (secondary N) is 3. The minimum absolute atomic E-state index is 0.117. The number of hydrogen-bond donors (Lipinski definition) is 3. The quantitative estimate of drug-likeness (QED) is 0.600. The number of pyridine rings is 2. The molecule has 8 heteroatoms. The number of rotatable bonds is 7. The molecule has 1 saturated carbocycles. The lowest BCUT2D eigenvalue weighted by atomic mass is 10.2. The van der Waals surface area contributed by atoms with E-state index in [9.17, 15) is 4.79 Å². The lowest BCUT2D eigenvalue weighted by Crippen LogP contribution is -2.26. The summed E-state index contributed by atoms with van der Waals surface area (Å²) >= 11 is 0. The molecule has 1 aliphatic rings. The van der Waals surface area contributed by atoms with Crippen LogP contribution in [0.15, 0.2) is 42.9 Å². The highest BCUT2D eigenvalue weighted by Gasteiger charge is 2.24. The zero-order valence-corrected chi connectivity index (χ0v) is 14.1. The number of carbonyl (C=O) groups is 1. The molecule has 0 aromatic carbocycles. The molecule has 0 atom stereocenters. The van der Waals surface area contributed by atoms with Gasteiger partial charge in [0, 0.05) is 48.8 Å². The summed E-state index contributed by atoms with van der Waals surface area (Å²) in [4.78, 5) is 24.7. The van der Waals surface area contributed by atoms with Gasteiger partial charge in [0.15, 0.2) is 5.82 Å². The van der Waals surface area contributed by atoms with E-state index in [0.717, 1.165) is 29.9 Å². The summed E-state index contributed by atoms with van der Waals surface area (Å²) in [7, 11) is 0. The van der Waals surface area contributed by atoms with Gasteiger partial charge in [-0.25, -0.2) is 4.98 Å². The summed E-state index contributed by atoms with van der Waals surface area (Å²) in [5.41, 5.74) is 2.22. The zero-order chi connectivity index (χ0) is 17.8. The Kier molecular flexibility index (Phi) is 4.55. The maximum absolute atomic E-state index is 12.1. The number of nitrogens with zero attached hydrogens (tertiary/aromatic N) is 4. The number of aromatic nitrogens is 5. The Morgan fingerprint density at radius 3 is 2.85 bits per heavy atom. The Labute approximate surface area is 150 Å². The molecule has 0 radical (unpaired) electrons. The van der Waals surface area contributed by atoms with Gasteiger partial charge in [-0.2, -0.15) is 5.10 Å². The Morgan fingerprint density at radius 1 is 1.19 bits per heavy atom. The van der Waals surface area contributed by atoms with Gasteiger partial charge in [-0.05, 0) is 37.1 Å². The fourth-order valence-electron chi connectivity index (χ4n) is 2.51. The molecular weight excluding hydrogens is 330 g/mol. The average Bonchev–Trinajstić information content (AvgIpc) is 3.37. The van der Waals surface area contributed by atoms with E-state index in [4.69, 9.17) is 0 Å². The molecule has 0 unspecified atom stereocenters. The van der Waals surface area contributed by atoms with Gasteiger partial charge in [0.05, 0.1) is 0 Å². The molecule has 1 fully saturated rings. The number of carbonyl (C=O) groups excluding carboxylic acids is 1. The molecule has 0 spiro atoms. The molecule has 3 aromatic heterocycles. The van der Waals surface area contributed by atoms with Crippen LogP contribution in [0.1, 0.15) is 29.2 Å². The molecular formula is C18H19N7O. The third-order valence-electron chi connectivity index (χ3n) is 4.07. The van der Waals surface area contributed by atoms with Crippen molar-refractivity contribution in [3.05, 3.63) is 54.4 Å². The molecule has 0 aliphatic heterocycles. The summed E-state index contributed by atoms with van der Waals surface area (Å²) in [5, 5.41) is 13.4. The number of H-pyrrole nitrogens is 1. The number of aromatic amines is 1. The van der Waals surface area contributed by atoms with Crippen molar-refractivity contribution in [3.63, 3.8) is 0 Å². The lowest BCUT2D eigenvalue weighted by molar-refractivity contribution is 0.0946. The van der Waals surface area contributed by atoms with Gasteiger partial charge in [-0.1, -0.05) is 0 Å². The van der Waals surface area contributed by atoms with Crippen molar-refractivity contribution < 1.29 is 4.79 Å². The first-order chi connectivity index (χ1) is 12.8. The van der Waals surface area contributed by atoms with E-state index in [1.165, 1.54) is 0 Å². The summed E-state index contributed by atoms with van der Waals surface area (Å²) in [5.74, 6) is 1.34. The van der Waals surface area contributed by atoms with Gasteiger partial charge in [-0.3, -0.25) is 19.9 Å². The van der Waals surface area contributed by atoms with Gasteiger partial charge in [0.2, 0.25) is 0 Å². The van der Waals surface area contributed by atoms with Crippen LogP contribution in [0.3, 0.4) is 0 Å². The summed E-state index contributed by atoms with van der Waals surface area (Å²) in [6, 6.07) is 7.67. The van der Waals surface area contributed by atoms with Crippen LogP contribution in [-0.2, 0) is 6.42 Å². The average molecular weight is 349 g/mol. The van der Waals surface area contributed by atoms with Crippen molar-refractivity contribution in [1.29, 1.82) is 0 Å².